The number of carbonyl (C=O) groups excluding carboxylic acids is 1. The molecule has 1 aliphatic rings. The largest absolute Gasteiger partial charge is 0.482 e. The predicted molar refractivity (Wildman–Crippen MR) is 75.5 cm³/mol. The molecule has 1 fully saturated rings. The lowest BCUT2D eigenvalue weighted by atomic mass is 10.2. The molecule has 0 aliphatic carbocycles. The zero-order valence-corrected chi connectivity index (χ0v) is 12.1. The third-order valence-electron chi connectivity index (χ3n) is 3.21. The molecule has 0 spiro atoms. The number of aromatic amines is 1. The number of halogens is 1. The second-order valence-corrected chi connectivity index (χ2v) is 5.29. The third-order valence-corrected chi connectivity index (χ3v) is 3.42. The minimum Gasteiger partial charge on any atom is -0.482 e. The van der Waals surface area contributed by atoms with Crippen LogP contribution in [-0.4, -0.2) is 46.0 Å². The number of amides is 1. The van der Waals surface area contributed by atoms with Crippen molar-refractivity contribution in [1.82, 2.24) is 20.1 Å². The fourth-order valence-electron chi connectivity index (χ4n) is 2.16. The van der Waals surface area contributed by atoms with Gasteiger partial charge >= 0.3 is 0 Å². The molecule has 8 heteroatoms. The standard InChI is InChI=1S/C13H15ClN4O3/c1-18-5-9(4-16-18)21-12-7-20-6-11(12)17-13(19)10-2-8(14)3-15-10/h2-5,11-12,15H,6-7H2,1H3,(H,17,19)/t11-,12+/m0/s1. The van der Waals surface area contributed by atoms with Crippen LogP contribution in [0.15, 0.2) is 24.7 Å². The van der Waals surface area contributed by atoms with Gasteiger partial charge in [0.15, 0.2) is 5.75 Å². The van der Waals surface area contributed by atoms with Gasteiger partial charge in [-0.15, -0.1) is 0 Å². The number of ether oxygens (including phenoxy) is 2. The van der Waals surface area contributed by atoms with Crippen LogP contribution in [0, 0.1) is 0 Å². The summed E-state index contributed by atoms with van der Waals surface area (Å²) in [6.07, 6.45) is 4.71. The Morgan fingerprint density at radius 3 is 3.14 bits per heavy atom. The van der Waals surface area contributed by atoms with Gasteiger partial charge in [-0.3, -0.25) is 9.48 Å². The predicted octanol–water partition coefficient (Wildman–Crippen LogP) is 0.978. The molecule has 2 aromatic rings. The van der Waals surface area contributed by atoms with Crippen molar-refractivity contribution in [2.75, 3.05) is 13.2 Å². The van der Waals surface area contributed by atoms with E-state index in [4.69, 9.17) is 21.1 Å². The Balaban J connectivity index is 1.62. The molecule has 21 heavy (non-hydrogen) atoms. The van der Waals surface area contributed by atoms with E-state index in [-0.39, 0.29) is 18.1 Å². The Morgan fingerprint density at radius 1 is 1.62 bits per heavy atom. The van der Waals surface area contributed by atoms with Crippen molar-refractivity contribution in [1.29, 1.82) is 0 Å². The Bertz CT molecular complexity index is 639. The quantitative estimate of drug-likeness (QED) is 0.882. The number of hydrogen-bond acceptors (Lipinski definition) is 4. The first-order chi connectivity index (χ1) is 10.1. The lowest BCUT2D eigenvalue weighted by molar-refractivity contribution is 0.0899. The topological polar surface area (TPSA) is 81.2 Å². The molecule has 3 rings (SSSR count). The van der Waals surface area contributed by atoms with E-state index in [0.717, 1.165) is 0 Å². The minimum atomic E-state index is -0.247. The number of rotatable bonds is 4. The van der Waals surface area contributed by atoms with Crippen LogP contribution in [0.4, 0.5) is 0 Å². The fraction of sp³-hybridized carbons (Fsp3) is 0.385. The van der Waals surface area contributed by atoms with Gasteiger partial charge in [-0.05, 0) is 6.07 Å². The highest BCUT2D eigenvalue weighted by atomic mass is 35.5. The maximum atomic E-state index is 12.1. The summed E-state index contributed by atoms with van der Waals surface area (Å²) in [6.45, 7) is 0.830. The summed E-state index contributed by atoms with van der Waals surface area (Å²) >= 11 is 5.79. The van der Waals surface area contributed by atoms with Crippen LogP contribution >= 0.6 is 11.6 Å². The maximum absolute atomic E-state index is 12.1. The van der Waals surface area contributed by atoms with Crippen LogP contribution in [-0.2, 0) is 11.8 Å². The molecule has 1 aliphatic heterocycles. The van der Waals surface area contributed by atoms with Crippen LogP contribution in [0.2, 0.25) is 5.02 Å². The minimum absolute atomic E-state index is 0.222. The first-order valence-electron chi connectivity index (χ1n) is 6.49. The van der Waals surface area contributed by atoms with E-state index in [2.05, 4.69) is 15.4 Å². The van der Waals surface area contributed by atoms with Crippen molar-refractivity contribution in [2.45, 2.75) is 12.1 Å². The SMILES string of the molecule is Cn1cc(O[C@@H]2COC[C@@H]2NC(=O)c2cc(Cl)c[nH]2)cn1. The van der Waals surface area contributed by atoms with E-state index in [1.807, 2.05) is 7.05 Å². The van der Waals surface area contributed by atoms with Crippen molar-refractivity contribution in [2.24, 2.45) is 7.05 Å². The van der Waals surface area contributed by atoms with Gasteiger partial charge in [-0.25, -0.2) is 0 Å². The van der Waals surface area contributed by atoms with Crippen molar-refractivity contribution in [3.05, 3.63) is 35.4 Å². The molecule has 0 aromatic carbocycles. The third kappa shape index (κ3) is 3.20. The lowest BCUT2D eigenvalue weighted by Crippen LogP contribution is -2.45. The van der Waals surface area contributed by atoms with Crippen molar-refractivity contribution in [3.8, 4) is 5.75 Å². The summed E-state index contributed by atoms with van der Waals surface area (Å²) < 4.78 is 12.8. The number of nitrogens with one attached hydrogen (secondary N) is 2. The molecule has 0 bridgehead atoms. The van der Waals surface area contributed by atoms with Gasteiger partial charge in [0, 0.05) is 13.2 Å². The summed E-state index contributed by atoms with van der Waals surface area (Å²) in [5, 5.41) is 7.41. The Labute approximate surface area is 126 Å². The number of aryl methyl sites for hydroxylation is 1. The molecule has 1 saturated heterocycles. The maximum Gasteiger partial charge on any atom is 0.268 e. The Kier molecular flexibility index (Phi) is 3.85. The average Bonchev–Trinajstić information content (AvgIpc) is 3.14. The molecule has 7 nitrogen and oxygen atoms in total. The molecule has 2 atom stereocenters. The van der Waals surface area contributed by atoms with E-state index in [0.29, 0.717) is 29.7 Å². The van der Waals surface area contributed by atoms with Crippen LogP contribution in [0.25, 0.3) is 0 Å². The van der Waals surface area contributed by atoms with Gasteiger partial charge in [0.05, 0.1) is 36.7 Å². The molecule has 2 N–H and O–H groups in total. The zero-order valence-electron chi connectivity index (χ0n) is 11.4. The summed E-state index contributed by atoms with van der Waals surface area (Å²) in [5.41, 5.74) is 0.409. The van der Waals surface area contributed by atoms with Crippen LogP contribution < -0.4 is 10.1 Å². The number of H-pyrrole nitrogens is 1. The van der Waals surface area contributed by atoms with E-state index in [9.17, 15) is 4.79 Å². The molecule has 0 saturated carbocycles. The van der Waals surface area contributed by atoms with Gasteiger partial charge in [-0.1, -0.05) is 11.6 Å². The summed E-state index contributed by atoms with van der Waals surface area (Å²) in [7, 11) is 1.81. The first kappa shape index (κ1) is 14.0. The van der Waals surface area contributed by atoms with Gasteiger partial charge in [-0.2, -0.15) is 5.10 Å². The molecular formula is C13H15ClN4O3. The molecule has 0 unspecified atom stereocenters. The van der Waals surface area contributed by atoms with Gasteiger partial charge in [0.1, 0.15) is 11.8 Å². The van der Waals surface area contributed by atoms with E-state index < -0.39 is 0 Å². The van der Waals surface area contributed by atoms with Crippen molar-refractivity contribution in [3.63, 3.8) is 0 Å². The fourth-order valence-corrected chi connectivity index (χ4v) is 2.33. The normalized spacial score (nSPS) is 21.4. The molecule has 2 aromatic heterocycles. The smallest absolute Gasteiger partial charge is 0.268 e. The van der Waals surface area contributed by atoms with Crippen molar-refractivity contribution >= 4 is 17.5 Å². The van der Waals surface area contributed by atoms with E-state index >= 15 is 0 Å². The van der Waals surface area contributed by atoms with Crippen LogP contribution in [0.5, 0.6) is 5.75 Å². The first-order valence-corrected chi connectivity index (χ1v) is 6.87. The molecular weight excluding hydrogens is 296 g/mol. The highest BCUT2D eigenvalue weighted by Gasteiger charge is 2.32. The molecule has 3 heterocycles. The van der Waals surface area contributed by atoms with Crippen LogP contribution in [0.3, 0.4) is 0 Å². The molecule has 0 radical (unpaired) electrons. The number of hydrogen-bond donors (Lipinski definition) is 2. The van der Waals surface area contributed by atoms with Gasteiger partial charge in [0.25, 0.3) is 5.91 Å². The summed E-state index contributed by atoms with van der Waals surface area (Å²) in [6, 6.07) is 1.35. The highest BCUT2D eigenvalue weighted by Crippen LogP contribution is 2.17. The molecule has 112 valence electrons. The number of aromatic nitrogens is 3. The summed E-state index contributed by atoms with van der Waals surface area (Å²) in [5.74, 6) is 0.410. The second-order valence-electron chi connectivity index (χ2n) is 4.85. The summed E-state index contributed by atoms with van der Waals surface area (Å²) in [4.78, 5) is 14.9. The monoisotopic (exact) mass is 310 g/mol. The van der Waals surface area contributed by atoms with Gasteiger partial charge < -0.3 is 19.8 Å². The Morgan fingerprint density at radius 2 is 2.48 bits per heavy atom. The van der Waals surface area contributed by atoms with Gasteiger partial charge in [0.2, 0.25) is 0 Å². The van der Waals surface area contributed by atoms with Crippen molar-refractivity contribution < 1.29 is 14.3 Å². The number of carbonyl (C=O) groups is 1. The van der Waals surface area contributed by atoms with E-state index in [1.54, 1.807) is 29.3 Å². The molecule has 1 amide bonds. The van der Waals surface area contributed by atoms with E-state index in [1.165, 1.54) is 0 Å². The lowest BCUT2D eigenvalue weighted by Gasteiger charge is -2.19. The Hall–Kier alpha value is -1.99. The number of nitrogens with zero attached hydrogens (tertiary/aromatic N) is 2. The van der Waals surface area contributed by atoms with Crippen LogP contribution in [0.1, 0.15) is 10.5 Å². The zero-order chi connectivity index (χ0) is 14.8. The second kappa shape index (κ2) is 5.79. The highest BCUT2D eigenvalue weighted by molar-refractivity contribution is 6.30. The average molecular weight is 311 g/mol.